The molecule has 74 heavy (non-hydrogen) atoms. The normalized spacial score (nSPS) is 40.1. The summed E-state index contributed by atoms with van der Waals surface area (Å²) in [5.74, 6) is 0.0307. The summed E-state index contributed by atoms with van der Waals surface area (Å²) in [4.78, 5) is 13.7. The zero-order chi connectivity index (χ0) is 53.3. The lowest BCUT2D eigenvalue weighted by Gasteiger charge is -2.46. The molecule has 1 saturated carbocycles. The highest BCUT2D eigenvalue weighted by Gasteiger charge is 2.71. The summed E-state index contributed by atoms with van der Waals surface area (Å²) in [7, 11) is -1.14. The topological polar surface area (TPSA) is 119 Å². The predicted octanol–water partition coefficient (Wildman–Crippen LogP) is 12.2. The number of ether oxygens (including phenoxy) is 8. The molecule has 6 bridgehead atoms. The lowest BCUT2D eigenvalue weighted by molar-refractivity contribution is -0.268. The van der Waals surface area contributed by atoms with Gasteiger partial charge >= 0.3 is 0 Å². The molecule has 8 saturated heterocycles. The Morgan fingerprint density at radius 1 is 0.743 bits per heavy atom. The van der Waals surface area contributed by atoms with E-state index >= 15 is 0 Å². The van der Waals surface area contributed by atoms with E-state index in [9.17, 15) is 4.79 Å². The molecule has 0 aromatic carbocycles. The number of Topliss-reactive ketones (excluding diaryl/α,β-unsaturated/α-hetero) is 1. The molecule has 9 fully saturated rings. The van der Waals surface area contributed by atoms with Crippen LogP contribution in [0.3, 0.4) is 0 Å². The summed E-state index contributed by atoms with van der Waals surface area (Å²) in [5.41, 5.74) is 2.30. The van der Waals surface area contributed by atoms with Crippen molar-refractivity contribution < 1.29 is 56.0 Å². The van der Waals surface area contributed by atoms with E-state index in [1.165, 1.54) is 5.57 Å². The lowest BCUT2D eigenvalue weighted by Crippen LogP contribution is -2.60. The third-order valence-electron chi connectivity index (χ3n) is 20.5. The van der Waals surface area contributed by atoms with Gasteiger partial charge in [-0.25, -0.2) is 0 Å². The van der Waals surface area contributed by atoms with E-state index in [1.54, 1.807) is 7.11 Å². The van der Waals surface area contributed by atoms with E-state index in [0.29, 0.717) is 50.5 Å². The molecule has 0 amide bonds. The molecule has 8 aliphatic heterocycles. The first-order valence-corrected chi connectivity index (χ1v) is 38.2. The summed E-state index contributed by atoms with van der Waals surface area (Å²) < 4.78 is 76.5. The minimum Gasteiger partial charge on any atom is -0.414 e. The van der Waals surface area contributed by atoms with Gasteiger partial charge in [0.25, 0.3) is 0 Å². The Kier molecular flexibility index (Phi) is 20.3. The molecule has 0 aromatic rings. The second kappa shape index (κ2) is 25.1. The van der Waals surface area contributed by atoms with Gasteiger partial charge in [0.2, 0.25) is 0 Å². The average Bonchev–Trinajstić information content (AvgIpc) is 3.55. The molecule has 9 rings (SSSR count). The number of carbonyl (C=O) groups excluding carboxylic acids is 1. The molecule has 0 radical (unpaired) electrons. The second-order valence-electron chi connectivity index (χ2n) is 24.0. The van der Waals surface area contributed by atoms with Crippen LogP contribution >= 0.6 is 9.24 Å². The first kappa shape index (κ1) is 59.6. The quantitative estimate of drug-likeness (QED) is 0.0387. The first-order chi connectivity index (χ1) is 35.5. The average molecular weight is 1110 g/mol. The minimum atomic E-state index is -2.00. The van der Waals surface area contributed by atoms with Crippen molar-refractivity contribution in [1.29, 1.82) is 0 Å². The Labute approximate surface area is 453 Å². The molecule has 0 aromatic heterocycles. The second-order valence-corrected chi connectivity index (χ2v) is 38.9. The molecule has 14 unspecified atom stereocenters. The number of hydrogen-bond donors (Lipinski definition) is 0. The van der Waals surface area contributed by atoms with Crippen LogP contribution in [-0.4, -0.2) is 142 Å². The standard InChI is InChI=1S/C58H101O12PSi3/c1-15-25-26-39(59)30-42-46(63-47(50(42)60-14)31-41(69-73(19-5,20-6)21-7)35-61-72(16-2,17-3)18-4)32-45-37(12)36(11)29-40(62-45)27-28-44-38(13)49-43(51(49)64-44)33-58-34-48-52(67-58)53-54(65-48)55(68-58)56(57(71)66-53)70-74(22-8,23-9)24-10/h15,25,36,40-57H,12-13,16-24,26-35,71H2,1-11,14H3/b25-15+/t36-,40?,41?,42?,43?,44?,45?,46+,47-,48?,49?,50-,51?,52?,53+,54?,55?,56?,57+,58+/m1/s1. The van der Waals surface area contributed by atoms with E-state index in [2.05, 4.69) is 91.6 Å². The van der Waals surface area contributed by atoms with Crippen molar-refractivity contribution in [1.82, 2.24) is 0 Å². The highest BCUT2D eigenvalue weighted by atomic mass is 31.0. The van der Waals surface area contributed by atoms with Crippen LogP contribution < -0.4 is 0 Å². The Bertz CT molecular complexity index is 1910. The molecule has 8 heterocycles. The fourth-order valence-corrected chi connectivity index (χ4v) is 23.9. The maximum Gasteiger partial charge on any atom is 0.192 e. The molecule has 0 N–H and O–H groups in total. The van der Waals surface area contributed by atoms with Gasteiger partial charge in [0.1, 0.15) is 36.3 Å². The third-order valence-corrected chi connectivity index (χ3v) is 35.0. The number of rotatable bonds is 30. The zero-order valence-corrected chi connectivity index (χ0v) is 52.1. The number of allylic oxidation sites excluding steroid dienone is 2. The fourth-order valence-electron chi connectivity index (χ4n) is 14.9. The Morgan fingerprint density at radius 2 is 1.39 bits per heavy atom. The Morgan fingerprint density at radius 3 is 2.00 bits per heavy atom. The van der Waals surface area contributed by atoms with Gasteiger partial charge in [0.15, 0.2) is 30.7 Å². The van der Waals surface area contributed by atoms with Crippen LogP contribution in [0.5, 0.6) is 0 Å². The molecule has 12 nitrogen and oxygen atoms in total. The number of ketones is 1. The van der Waals surface area contributed by atoms with Gasteiger partial charge in [-0.2, -0.15) is 0 Å². The van der Waals surface area contributed by atoms with Crippen LogP contribution in [0.25, 0.3) is 0 Å². The Balaban J connectivity index is 0.904. The molecule has 9 aliphatic rings. The van der Waals surface area contributed by atoms with Crippen LogP contribution in [0.4, 0.5) is 0 Å². The van der Waals surface area contributed by atoms with Crippen LogP contribution in [0.1, 0.15) is 134 Å². The summed E-state index contributed by atoms with van der Waals surface area (Å²) in [6.45, 7) is 34.7. The number of carbonyl (C=O) groups is 1. The predicted molar refractivity (Wildman–Crippen MR) is 303 cm³/mol. The van der Waals surface area contributed by atoms with Crippen molar-refractivity contribution in [3.63, 3.8) is 0 Å². The van der Waals surface area contributed by atoms with Gasteiger partial charge < -0.3 is 51.2 Å². The number of fused-ring (bicyclic) bond motifs is 1. The smallest absolute Gasteiger partial charge is 0.192 e. The first-order valence-electron chi connectivity index (χ1n) is 29.9. The van der Waals surface area contributed by atoms with Crippen LogP contribution in [0.15, 0.2) is 36.5 Å². The van der Waals surface area contributed by atoms with Crippen molar-refractivity contribution in [3.8, 4) is 0 Å². The molecule has 1 aliphatic carbocycles. The molecule has 21 atom stereocenters. The van der Waals surface area contributed by atoms with Gasteiger partial charge in [0, 0.05) is 57.5 Å². The zero-order valence-electron chi connectivity index (χ0n) is 47.9. The highest BCUT2D eigenvalue weighted by molar-refractivity contribution is 7.17. The molecule has 16 heteroatoms. The highest BCUT2D eigenvalue weighted by Crippen LogP contribution is 2.62. The molecular weight excluding hydrogens is 1000 g/mol. The molecule has 0 spiro atoms. The van der Waals surface area contributed by atoms with Gasteiger partial charge in [0.05, 0.1) is 67.4 Å². The van der Waals surface area contributed by atoms with E-state index < -0.39 is 30.7 Å². The van der Waals surface area contributed by atoms with E-state index in [4.69, 9.17) is 51.2 Å². The van der Waals surface area contributed by atoms with Gasteiger partial charge in [-0.15, -0.1) is 9.24 Å². The lowest BCUT2D eigenvalue weighted by atomic mass is 9.81. The summed E-state index contributed by atoms with van der Waals surface area (Å²) in [6, 6.07) is 9.67. The third kappa shape index (κ3) is 12.1. The summed E-state index contributed by atoms with van der Waals surface area (Å²) >= 11 is 0. The number of methoxy groups -OCH3 is 1. The molecule has 422 valence electrons. The van der Waals surface area contributed by atoms with Crippen LogP contribution in [-0.2, 0) is 56.0 Å². The minimum absolute atomic E-state index is 0.00836. The monoisotopic (exact) mass is 1100 g/mol. The molecular formula is C58H101O12PSi3. The Hall–Kier alpha value is -0.469. The van der Waals surface area contributed by atoms with Gasteiger partial charge in [-0.05, 0) is 104 Å². The van der Waals surface area contributed by atoms with Crippen LogP contribution in [0, 0.1) is 23.7 Å². The SMILES string of the molecule is C=C1C(CCC2C[C@@H](C)C(=C)C(C[C@@H]3O[C@H](CC(CO[Si](CC)(CC)CC)O[Si](CC)(CC)CC)[C@H](OC)C3CC(=O)C/C=C/C)O2)OC2C(C[C@@]34CC5OC6C(O3)C(O[Si](CC)(CC)CC)[C@H](P)O[C@H]6C5O4)C12. The largest absolute Gasteiger partial charge is 0.414 e. The van der Waals surface area contributed by atoms with Crippen LogP contribution in [0.2, 0.25) is 54.4 Å². The summed E-state index contributed by atoms with van der Waals surface area (Å²) in [5, 5.41) is 0. The van der Waals surface area contributed by atoms with Gasteiger partial charge in [-0.1, -0.05) is 94.5 Å². The fraction of sp³-hybridized carbons (Fsp3) is 0.879. The van der Waals surface area contributed by atoms with Crippen molar-refractivity contribution in [3.05, 3.63) is 36.5 Å². The van der Waals surface area contributed by atoms with E-state index in [1.807, 2.05) is 19.1 Å². The van der Waals surface area contributed by atoms with Gasteiger partial charge in [-0.3, -0.25) is 4.79 Å². The maximum absolute atomic E-state index is 13.7. The van der Waals surface area contributed by atoms with E-state index in [-0.39, 0.29) is 109 Å². The number of hydrogen-bond acceptors (Lipinski definition) is 12. The van der Waals surface area contributed by atoms with Crippen molar-refractivity contribution in [2.45, 2.75) is 285 Å². The van der Waals surface area contributed by atoms with E-state index in [0.717, 1.165) is 85.7 Å². The van der Waals surface area contributed by atoms with Crippen molar-refractivity contribution in [2.24, 2.45) is 23.7 Å². The van der Waals surface area contributed by atoms with Crippen molar-refractivity contribution in [2.75, 3.05) is 13.7 Å². The summed E-state index contributed by atoms with van der Waals surface area (Å²) in [6.07, 6.45) is 8.26. The van der Waals surface area contributed by atoms with Crippen molar-refractivity contribution >= 4 is 40.0 Å². The maximum atomic E-state index is 13.7.